The summed E-state index contributed by atoms with van der Waals surface area (Å²) in [5.41, 5.74) is 13.2. The molecule has 5 N–H and O–H groups in total. The Balaban J connectivity index is 1.58. The van der Waals surface area contributed by atoms with Crippen LogP contribution in [-0.4, -0.2) is 39.9 Å². The lowest BCUT2D eigenvalue weighted by Gasteiger charge is -2.23. The second kappa shape index (κ2) is 11.8. The van der Waals surface area contributed by atoms with Crippen molar-refractivity contribution in [3.63, 3.8) is 0 Å². The van der Waals surface area contributed by atoms with Crippen LogP contribution in [0.15, 0.2) is 78.9 Å². The highest BCUT2D eigenvalue weighted by atomic mass is 19.4. The normalized spacial score (nSPS) is 13.7. The molecule has 0 aliphatic heterocycles. The summed E-state index contributed by atoms with van der Waals surface area (Å²) in [7, 11) is 1.54. The molecule has 11 heteroatoms. The number of carboxylic acids is 1. The Bertz CT molecular complexity index is 1510. The molecular formula is C30H29F3N4O4. The number of carbonyl (C=O) groups is 1. The van der Waals surface area contributed by atoms with Crippen molar-refractivity contribution in [2.45, 2.75) is 37.6 Å². The number of aliphatic carboxylic acids is 1. The van der Waals surface area contributed by atoms with Crippen molar-refractivity contribution < 1.29 is 32.5 Å². The monoisotopic (exact) mass is 566 g/mol. The Kier molecular flexibility index (Phi) is 8.48. The van der Waals surface area contributed by atoms with Crippen molar-refractivity contribution in [2.24, 2.45) is 5.73 Å². The average Bonchev–Trinajstić information content (AvgIpc) is 2.95. The molecule has 41 heavy (non-hydrogen) atoms. The lowest BCUT2D eigenvalue weighted by atomic mass is 9.89. The Morgan fingerprint density at radius 1 is 0.951 bits per heavy atom. The highest BCUT2D eigenvalue weighted by Crippen LogP contribution is 2.38. The first-order valence-corrected chi connectivity index (χ1v) is 12.7. The van der Waals surface area contributed by atoms with Gasteiger partial charge in [-0.05, 0) is 35.2 Å². The van der Waals surface area contributed by atoms with Crippen molar-refractivity contribution in [1.82, 2.24) is 9.97 Å². The van der Waals surface area contributed by atoms with Gasteiger partial charge in [0.2, 0.25) is 17.9 Å². The molecule has 0 aliphatic rings. The van der Waals surface area contributed by atoms with Crippen LogP contribution in [0.25, 0.3) is 22.4 Å². The van der Waals surface area contributed by atoms with Gasteiger partial charge in [0.05, 0.1) is 12.8 Å². The fraction of sp³-hybridized carbons (Fsp3) is 0.233. The number of halogens is 3. The number of hydrogen-bond donors (Lipinski definition) is 3. The first kappa shape index (κ1) is 29.3. The molecule has 0 fully saturated rings. The van der Waals surface area contributed by atoms with E-state index in [0.29, 0.717) is 22.4 Å². The molecule has 0 saturated heterocycles. The van der Waals surface area contributed by atoms with Crippen molar-refractivity contribution in [3.8, 4) is 34.0 Å². The van der Waals surface area contributed by atoms with E-state index in [1.807, 2.05) is 6.07 Å². The van der Waals surface area contributed by atoms with Gasteiger partial charge in [0.25, 0.3) is 0 Å². The van der Waals surface area contributed by atoms with Crippen molar-refractivity contribution >= 4 is 11.9 Å². The summed E-state index contributed by atoms with van der Waals surface area (Å²) in [5, 5.41) is 9.43. The minimum atomic E-state index is -4.75. The van der Waals surface area contributed by atoms with E-state index in [-0.39, 0.29) is 35.9 Å². The van der Waals surface area contributed by atoms with E-state index in [2.05, 4.69) is 9.97 Å². The van der Waals surface area contributed by atoms with Gasteiger partial charge in [-0.25, -0.2) is 4.98 Å². The van der Waals surface area contributed by atoms with Gasteiger partial charge in [-0.2, -0.15) is 18.2 Å². The van der Waals surface area contributed by atoms with Gasteiger partial charge in [-0.3, -0.25) is 4.79 Å². The van der Waals surface area contributed by atoms with Crippen molar-refractivity contribution in [3.05, 3.63) is 90.0 Å². The molecule has 8 nitrogen and oxygen atoms in total. The van der Waals surface area contributed by atoms with Gasteiger partial charge < -0.3 is 26.0 Å². The summed E-state index contributed by atoms with van der Waals surface area (Å²) in [5.74, 6) is -1.10. The Labute approximate surface area is 234 Å². The number of anilines is 1. The Hall–Kier alpha value is -4.64. The third kappa shape index (κ3) is 6.93. The van der Waals surface area contributed by atoms with Crippen LogP contribution < -0.4 is 20.9 Å². The van der Waals surface area contributed by atoms with Crippen LogP contribution >= 0.6 is 0 Å². The third-order valence-electron chi connectivity index (χ3n) is 6.70. The zero-order valence-corrected chi connectivity index (χ0v) is 22.4. The Morgan fingerprint density at radius 3 is 2.20 bits per heavy atom. The summed E-state index contributed by atoms with van der Waals surface area (Å²) < 4.78 is 53.0. The zero-order chi connectivity index (χ0) is 29.8. The molecule has 1 aromatic heterocycles. The minimum Gasteiger partial charge on any atom is -0.497 e. The molecule has 0 saturated carbocycles. The lowest BCUT2D eigenvalue weighted by Crippen LogP contribution is -2.49. The molecule has 3 aromatic carbocycles. The molecule has 0 bridgehead atoms. The van der Waals surface area contributed by atoms with E-state index in [1.54, 1.807) is 61.5 Å². The number of nitrogens with two attached hydrogens (primary N) is 2. The Morgan fingerprint density at radius 2 is 1.61 bits per heavy atom. The van der Waals surface area contributed by atoms with E-state index in [0.717, 1.165) is 5.56 Å². The zero-order valence-electron chi connectivity index (χ0n) is 22.4. The average molecular weight is 567 g/mol. The summed E-state index contributed by atoms with van der Waals surface area (Å²) in [6.45, 7) is 1.69. The highest BCUT2D eigenvalue weighted by molar-refractivity contribution is 5.79. The van der Waals surface area contributed by atoms with Gasteiger partial charge in [-0.1, -0.05) is 67.6 Å². The number of aromatic nitrogens is 2. The minimum absolute atomic E-state index is 0.100. The second-order valence-corrected chi connectivity index (χ2v) is 9.53. The molecule has 214 valence electrons. The number of methoxy groups -OCH3 is 1. The molecule has 4 rings (SSSR count). The standard InChI is InChI=1S/C30H29F3N4O4/c1-3-29(35,27(38)39)17-18-7-9-20(10-8-18)24-16-25(37-28(34)36-24)41-26(30(31,32)33)21-13-11-19(12-14-21)22-5-4-6-23(15-22)40-2/h4-16,26H,3,17,35H2,1-2H3,(H,38,39)(H2,34,36,37)/t26-,29+/m1/s1. The maximum absolute atomic E-state index is 14.1. The largest absolute Gasteiger partial charge is 0.497 e. The maximum Gasteiger partial charge on any atom is 0.429 e. The summed E-state index contributed by atoms with van der Waals surface area (Å²) in [4.78, 5) is 19.5. The molecule has 4 aromatic rings. The predicted octanol–water partition coefficient (Wildman–Crippen LogP) is 5.82. The predicted molar refractivity (Wildman–Crippen MR) is 148 cm³/mol. The van der Waals surface area contributed by atoms with Crippen molar-refractivity contribution in [1.29, 1.82) is 0 Å². The summed E-state index contributed by atoms with van der Waals surface area (Å²) in [6, 6.07) is 21.0. The van der Waals surface area contributed by atoms with Gasteiger partial charge in [-0.15, -0.1) is 0 Å². The third-order valence-corrected chi connectivity index (χ3v) is 6.70. The fourth-order valence-electron chi connectivity index (χ4n) is 4.26. The van der Waals surface area contributed by atoms with Crippen LogP contribution in [0.2, 0.25) is 0 Å². The number of nitrogens with zero attached hydrogens (tertiary/aromatic N) is 2. The first-order valence-electron chi connectivity index (χ1n) is 12.7. The molecule has 0 spiro atoms. The van der Waals surface area contributed by atoms with Crippen LogP contribution in [-0.2, 0) is 11.2 Å². The fourth-order valence-corrected chi connectivity index (χ4v) is 4.26. The van der Waals surface area contributed by atoms with Crippen molar-refractivity contribution in [2.75, 3.05) is 12.8 Å². The van der Waals surface area contributed by atoms with E-state index >= 15 is 0 Å². The van der Waals surface area contributed by atoms with E-state index < -0.39 is 23.8 Å². The number of benzene rings is 3. The van der Waals surface area contributed by atoms with Gasteiger partial charge in [0.1, 0.15) is 11.3 Å². The van der Waals surface area contributed by atoms with Crippen LogP contribution in [0.5, 0.6) is 11.6 Å². The van der Waals surface area contributed by atoms with E-state index in [9.17, 15) is 23.1 Å². The quantitative estimate of drug-likeness (QED) is 0.219. The molecule has 0 aliphatic carbocycles. The van der Waals surface area contributed by atoms with Gasteiger partial charge in [0, 0.05) is 23.6 Å². The van der Waals surface area contributed by atoms with Crippen LogP contribution in [0.4, 0.5) is 19.1 Å². The van der Waals surface area contributed by atoms with E-state index in [1.165, 1.54) is 25.3 Å². The topological polar surface area (TPSA) is 134 Å². The molecule has 2 atom stereocenters. The molecular weight excluding hydrogens is 537 g/mol. The number of carboxylic acid groups (broad SMARTS) is 1. The lowest BCUT2D eigenvalue weighted by molar-refractivity contribution is -0.198. The maximum atomic E-state index is 14.1. The second-order valence-electron chi connectivity index (χ2n) is 9.53. The number of ether oxygens (including phenoxy) is 2. The van der Waals surface area contributed by atoms with Crippen LogP contribution in [0, 0.1) is 0 Å². The molecule has 0 amide bonds. The summed E-state index contributed by atoms with van der Waals surface area (Å²) in [6.07, 6.45) is -6.73. The number of rotatable bonds is 10. The molecule has 1 heterocycles. The number of nitrogen functional groups attached to an aromatic ring is 1. The molecule has 0 unspecified atom stereocenters. The SMILES string of the molecule is CC[C@](N)(Cc1ccc(-c2cc(O[C@H](c3ccc(-c4cccc(OC)c4)cc3)C(F)(F)F)nc(N)n2)cc1)C(=O)O. The van der Waals surface area contributed by atoms with Crippen LogP contribution in [0.1, 0.15) is 30.6 Å². The van der Waals surface area contributed by atoms with Gasteiger partial charge >= 0.3 is 12.1 Å². The summed E-state index contributed by atoms with van der Waals surface area (Å²) >= 11 is 0. The number of hydrogen-bond acceptors (Lipinski definition) is 7. The molecule has 0 radical (unpaired) electrons. The van der Waals surface area contributed by atoms with E-state index in [4.69, 9.17) is 20.9 Å². The highest BCUT2D eigenvalue weighted by Gasteiger charge is 2.43. The first-order chi connectivity index (χ1) is 19.4. The number of alkyl halides is 3. The van der Waals surface area contributed by atoms with Crippen LogP contribution in [0.3, 0.4) is 0 Å². The van der Waals surface area contributed by atoms with Gasteiger partial charge in [0.15, 0.2) is 0 Å². The smallest absolute Gasteiger partial charge is 0.429 e.